The van der Waals surface area contributed by atoms with Crippen LogP contribution < -0.4 is 11.1 Å². The molecule has 3 aromatic rings. The summed E-state index contributed by atoms with van der Waals surface area (Å²) in [5.41, 5.74) is 8.85. The van der Waals surface area contributed by atoms with Crippen LogP contribution in [0.5, 0.6) is 0 Å². The fraction of sp³-hybridized carbons (Fsp3) is 0.120. The summed E-state index contributed by atoms with van der Waals surface area (Å²) in [5, 5.41) is 2.65. The number of ketones is 1. The predicted molar refractivity (Wildman–Crippen MR) is 120 cm³/mol. The Labute approximate surface area is 180 Å². The monoisotopic (exact) mass is 413 g/mol. The molecule has 0 aliphatic carbocycles. The van der Waals surface area contributed by atoms with Gasteiger partial charge in [0.1, 0.15) is 6.04 Å². The minimum atomic E-state index is -1.09. The second kappa shape index (κ2) is 10.1. The van der Waals surface area contributed by atoms with Gasteiger partial charge in [0.05, 0.1) is 11.3 Å². The van der Waals surface area contributed by atoms with E-state index in [9.17, 15) is 14.4 Å². The Bertz CT molecular complexity index is 1110. The van der Waals surface area contributed by atoms with E-state index in [1.807, 2.05) is 67.6 Å². The Morgan fingerprint density at radius 2 is 1.68 bits per heavy atom. The number of carbonyl (C=O) groups excluding carboxylic acids is 3. The third-order valence-corrected chi connectivity index (χ3v) is 4.74. The van der Waals surface area contributed by atoms with E-state index in [1.165, 1.54) is 0 Å². The molecule has 1 unspecified atom stereocenters. The zero-order valence-electron chi connectivity index (χ0n) is 17.1. The van der Waals surface area contributed by atoms with Crippen molar-refractivity contribution in [3.8, 4) is 0 Å². The zero-order valence-corrected chi connectivity index (χ0v) is 17.1. The summed E-state index contributed by atoms with van der Waals surface area (Å²) < 4.78 is 0. The number of amides is 2. The van der Waals surface area contributed by atoms with E-state index in [2.05, 4.69) is 10.3 Å². The number of nitrogens with one attached hydrogen (secondary N) is 1. The maximum atomic E-state index is 13.0. The topological polar surface area (TPSA) is 102 Å². The second-order valence-corrected chi connectivity index (χ2v) is 7.12. The van der Waals surface area contributed by atoms with Gasteiger partial charge >= 0.3 is 0 Å². The Kier molecular flexibility index (Phi) is 7.06. The normalized spacial score (nSPS) is 11.8. The van der Waals surface area contributed by atoms with Crippen LogP contribution in [0.2, 0.25) is 0 Å². The van der Waals surface area contributed by atoms with Crippen molar-refractivity contribution in [1.82, 2.24) is 10.3 Å². The van der Waals surface area contributed by atoms with Gasteiger partial charge in [0.25, 0.3) is 11.8 Å². The van der Waals surface area contributed by atoms with E-state index >= 15 is 0 Å². The standard InChI is InChI=1S/C25H23N3O3/c1-17-9-11-18(12-10-17)13-14-21-20(8-5-15-27-21)25(31)28-22(23(29)24(26)30)16-19-6-3-2-4-7-19/h2-15,22H,16H2,1H3,(H2,26,30)(H,28,31). The van der Waals surface area contributed by atoms with Gasteiger partial charge in [-0.25, -0.2) is 0 Å². The summed E-state index contributed by atoms with van der Waals surface area (Å²) in [4.78, 5) is 41.1. The number of pyridine rings is 1. The molecule has 0 fully saturated rings. The van der Waals surface area contributed by atoms with Gasteiger partial charge in [-0.15, -0.1) is 0 Å². The zero-order chi connectivity index (χ0) is 22.2. The SMILES string of the molecule is Cc1ccc(C=Cc2ncccc2C(=O)NC(Cc2ccccc2)C(=O)C(N)=O)cc1. The Hall–Kier alpha value is -4.06. The van der Waals surface area contributed by atoms with Gasteiger partial charge in [-0.05, 0) is 36.3 Å². The minimum Gasteiger partial charge on any atom is -0.363 e. The summed E-state index contributed by atoms with van der Waals surface area (Å²) >= 11 is 0. The largest absolute Gasteiger partial charge is 0.363 e. The summed E-state index contributed by atoms with van der Waals surface area (Å²) in [7, 11) is 0. The molecule has 3 N–H and O–H groups in total. The molecule has 1 heterocycles. The van der Waals surface area contributed by atoms with Crippen molar-refractivity contribution in [2.45, 2.75) is 19.4 Å². The van der Waals surface area contributed by atoms with E-state index in [1.54, 1.807) is 24.4 Å². The lowest BCUT2D eigenvalue weighted by Gasteiger charge is -2.17. The van der Waals surface area contributed by atoms with E-state index < -0.39 is 23.6 Å². The molecule has 6 nitrogen and oxygen atoms in total. The number of Topliss-reactive ketones (excluding diaryl/α,β-unsaturated/α-hetero) is 1. The molecular weight excluding hydrogens is 390 g/mol. The summed E-state index contributed by atoms with van der Waals surface area (Å²) in [5.74, 6) is -2.45. The molecule has 2 aromatic carbocycles. The molecule has 3 rings (SSSR count). The molecule has 0 saturated heterocycles. The van der Waals surface area contributed by atoms with Crippen LogP contribution in [-0.4, -0.2) is 28.6 Å². The highest BCUT2D eigenvalue weighted by atomic mass is 16.2. The minimum absolute atomic E-state index is 0.156. The maximum Gasteiger partial charge on any atom is 0.287 e. The molecule has 0 bridgehead atoms. The van der Waals surface area contributed by atoms with Crippen LogP contribution in [0, 0.1) is 6.92 Å². The fourth-order valence-electron chi connectivity index (χ4n) is 3.06. The first-order chi connectivity index (χ1) is 14.9. The van der Waals surface area contributed by atoms with Crippen LogP contribution in [0.1, 0.15) is 32.7 Å². The van der Waals surface area contributed by atoms with Crippen LogP contribution in [-0.2, 0) is 16.0 Å². The molecule has 2 amide bonds. The van der Waals surface area contributed by atoms with Crippen molar-refractivity contribution in [2.75, 3.05) is 0 Å². The molecule has 0 aliphatic heterocycles. The molecule has 6 heteroatoms. The van der Waals surface area contributed by atoms with Crippen molar-refractivity contribution < 1.29 is 14.4 Å². The molecule has 1 atom stereocenters. The van der Waals surface area contributed by atoms with Crippen molar-refractivity contribution in [1.29, 1.82) is 0 Å². The van der Waals surface area contributed by atoms with E-state index in [0.29, 0.717) is 11.3 Å². The van der Waals surface area contributed by atoms with Gasteiger partial charge in [-0.1, -0.05) is 66.2 Å². The molecule has 0 saturated carbocycles. The van der Waals surface area contributed by atoms with Gasteiger partial charge in [-0.3, -0.25) is 19.4 Å². The highest BCUT2D eigenvalue weighted by Crippen LogP contribution is 2.13. The lowest BCUT2D eigenvalue weighted by Crippen LogP contribution is -2.47. The van der Waals surface area contributed by atoms with Crippen molar-refractivity contribution in [2.24, 2.45) is 5.73 Å². The number of hydrogen-bond acceptors (Lipinski definition) is 4. The van der Waals surface area contributed by atoms with Gasteiger partial charge in [0.2, 0.25) is 5.78 Å². The number of primary amides is 1. The van der Waals surface area contributed by atoms with Crippen molar-refractivity contribution in [3.63, 3.8) is 0 Å². The van der Waals surface area contributed by atoms with Crippen molar-refractivity contribution >= 4 is 29.7 Å². The third-order valence-electron chi connectivity index (χ3n) is 4.74. The summed E-state index contributed by atoms with van der Waals surface area (Å²) in [6, 6.07) is 19.2. The Balaban J connectivity index is 1.82. The molecule has 156 valence electrons. The first kappa shape index (κ1) is 21.6. The lowest BCUT2D eigenvalue weighted by molar-refractivity contribution is -0.137. The van der Waals surface area contributed by atoms with E-state index in [4.69, 9.17) is 5.73 Å². The quantitative estimate of drug-likeness (QED) is 0.554. The van der Waals surface area contributed by atoms with Crippen LogP contribution in [0.3, 0.4) is 0 Å². The summed E-state index contributed by atoms with van der Waals surface area (Å²) in [6.45, 7) is 2.01. The molecule has 1 aromatic heterocycles. The maximum absolute atomic E-state index is 13.0. The summed E-state index contributed by atoms with van der Waals surface area (Å²) in [6.07, 6.45) is 5.33. The van der Waals surface area contributed by atoms with Gasteiger partial charge in [-0.2, -0.15) is 0 Å². The average molecular weight is 413 g/mol. The molecular formula is C25H23N3O3. The smallest absolute Gasteiger partial charge is 0.287 e. The number of nitrogens with two attached hydrogens (primary N) is 1. The molecule has 0 radical (unpaired) electrons. The van der Waals surface area contributed by atoms with Crippen LogP contribution >= 0.6 is 0 Å². The predicted octanol–water partition coefficient (Wildman–Crippen LogP) is 2.96. The highest BCUT2D eigenvalue weighted by Gasteiger charge is 2.26. The number of rotatable bonds is 8. The number of benzene rings is 2. The molecule has 0 spiro atoms. The average Bonchev–Trinajstić information content (AvgIpc) is 2.78. The highest BCUT2D eigenvalue weighted by molar-refractivity contribution is 6.38. The fourth-order valence-corrected chi connectivity index (χ4v) is 3.06. The Morgan fingerprint density at radius 3 is 2.35 bits per heavy atom. The number of hydrogen-bond donors (Lipinski definition) is 2. The Morgan fingerprint density at radius 1 is 0.968 bits per heavy atom. The number of carbonyl (C=O) groups is 3. The number of aryl methyl sites for hydroxylation is 1. The van der Waals surface area contributed by atoms with Crippen molar-refractivity contribution in [3.05, 3.63) is 101 Å². The number of aromatic nitrogens is 1. The van der Waals surface area contributed by atoms with Crippen LogP contribution in [0.25, 0.3) is 12.2 Å². The van der Waals surface area contributed by atoms with Gasteiger partial charge < -0.3 is 11.1 Å². The van der Waals surface area contributed by atoms with Crippen LogP contribution in [0.15, 0.2) is 72.9 Å². The first-order valence-electron chi connectivity index (χ1n) is 9.82. The van der Waals surface area contributed by atoms with Gasteiger partial charge in [0.15, 0.2) is 0 Å². The third kappa shape index (κ3) is 5.96. The van der Waals surface area contributed by atoms with Crippen LogP contribution in [0.4, 0.5) is 0 Å². The number of nitrogens with zero attached hydrogens (tertiary/aromatic N) is 1. The molecule has 31 heavy (non-hydrogen) atoms. The first-order valence-corrected chi connectivity index (χ1v) is 9.82. The van der Waals surface area contributed by atoms with Gasteiger partial charge in [0, 0.05) is 12.6 Å². The molecule has 0 aliphatic rings. The van der Waals surface area contributed by atoms with E-state index in [-0.39, 0.29) is 6.42 Å². The lowest BCUT2D eigenvalue weighted by atomic mass is 10.0. The second-order valence-electron chi connectivity index (χ2n) is 7.12. The van der Waals surface area contributed by atoms with E-state index in [0.717, 1.165) is 16.7 Å².